The summed E-state index contributed by atoms with van der Waals surface area (Å²) in [5.41, 5.74) is 1.22. The van der Waals surface area contributed by atoms with Gasteiger partial charge in [0, 0.05) is 12.7 Å². The highest BCUT2D eigenvalue weighted by Crippen LogP contribution is 2.17. The molecule has 0 bridgehead atoms. The van der Waals surface area contributed by atoms with Crippen LogP contribution in [0.2, 0.25) is 5.02 Å². The number of hydrogen-bond acceptors (Lipinski definition) is 4. The maximum atomic E-state index is 13.7. The summed E-state index contributed by atoms with van der Waals surface area (Å²) in [6, 6.07) is 0. The van der Waals surface area contributed by atoms with Gasteiger partial charge in [0.15, 0.2) is 5.82 Å². The molecule has 0 unspecified atom stereocenters. The molecule has 22 heavy (non-hydrogen) atoms. The van der Waals surface area contributed by atoms with Crippen molar-refractivity contribution in [2.45, 2.75) is 39.7 Å². The third-order valence-electron chi connectivity index (χ3n) is 2.38. The molecular formula is C14H19ClFN3O3. The molecule has 1 rings (SSSR count). The normalized spacial score (nSPS) is 11.0. The number of aromatic nitrogens is 1. The molecule has 1 heterocycles. The van der Waals surface area contributed by atoms with Gasteiger partial charge in [0.2, 0.25) is 0 Å². The molecule has 0 saturated heterocycles. The molecule has 1 aromatic heterocycles. The Morgan fingerprint density at radius 1 is 1.41 bits per heavy atom. The van der Waals surface area contributed by atoms with Crippen LogP contribution in [-0.4, -0.2) is 34.1 Å². The van der Waals surface area contributed by atoms with Crippen molar-refractivity contribution in [3.63, 3.8) is 0 Å². The van der Waals surface area contributed by atoms with Crippen molar-refractivity contribution < 1.29 is 18.7 Å². The molecule has 0 aliphatic rings. The number of halogens is 2. The molecule has 0 atom stereocenters. The van der Waals surface area contributed by atoms with Crippen LogP contribution in [0.1, 0.15) is 44.5 Å². The summed E-state index contributed by atoms with van der Waals surface area (Å²) in [4.78, 5) is 27.7. The molecule has 6 nitrogen and oxygen atoms in total. The van der Waals surface area contributed by atoms with E-state index in [0.717, 1.165) is 17.4 Å². The average Bonchev–Trinajstić information content (AvgIpc) is 2.35. The lowest BCUT2D eigenvalue weighted by molar-refractivity contribution is 0.0132. The molecular weight excluding hydrogens is 313 g/mol. The van der Waals surface area contributed by atoms with Crippen LogP contribution in [0, 0.1) is 5.82 Å². The predicted molar refractivity (Wildman–Crippen MR) is 79.9 cm³/mol. The SMILES string of the molecule is CCCN(NC(=O)c1c(F)cncc1Cl)C(=O)OC(C)(C)C. The van der Waals surface area contributed by atoms with Crippen LogP contribution in [0.4, 0.5) is 9.18 Å². The van der Waals surface area contributed by atoms with Crippen molar-refractivity contribution in [2.24, 2.45) is 0 Å². The van der Waals surface area contributed by atoms with Gasteiger partial charge in [-0.15, -0.1) is 0 Å². The minimum absolute atomic E-state index is 0.141. The molecule has 1 aromatic rings. The highest BCUT2D eigenvalue weighted by Gasteiger charge is 2.25. The first-order valence-electron chi connectivity index (χ1n) is 6.76. The van der Waals surface area contributed by atoms with E-state index in [0.29, 0.717) is 6.42 Å². The quantitative estimate of drug-likeness (QED) is 0.863. The summed E-state index contributed by atoms with van der Waals surface area (Å²) < 4.78 is 18.8. The van der Waals surface area contributed by atoms with E-state index in [-0.39, 0.29) is 17.1 Å². The Hall–Kier alpha value is -1.89. The minimum atomic E-state index is -0.870. The molecule has 1 N–H and O–H groups in total. The van der Waals surface area contributed by atoms with Gasteiger partial charge in [-0.25, -0.2) is 14.2 Å². The lowest BCUT2D eigenvalue weighted by atomic mass is 10.2. The zero-order valence-electron chi connectivity index (χ0n) is 12.9. The zero-order valence-corrected chi connectivity index (χ0v) is 13.7. The highest BCUT2D eigenvalue weighted by molar-refractivity contribution is 6.33. The number of ether oxygens (including phenoxy) is 1. The van der Waals surface area contributed by atoms with E-state index in [9.17, 15) is 14.0 Å². The van der Waals surface area contributed by atoms with Crippen molar-refractivity contribution in [1.29, 1.82) is 0 Å². The number of hydrogen-bond donors (Lipinski definition) is 1. The van der Waals surface area contributed by atoms with Crippen molar-refractivity contribution >= 4 is 23.6 Å². The fourth-order valence-electron chi connectivity index (χ4n) is 1.54. The van der Waals surface area contributed by atoms with Crippen molar-refractivity contribution in [1.82, 2.24) is 15.4 Å². The van der Waals surface area contributed by atoms with Crippen LogP contribution in [0.15, 0.2) is 12.4 Å². The van der Waals surface area contributed by atoms with Gasteiger partial charge in [0.25, 0.3) is 5.91 Å². The molecule has 0 saturated carbocycles. The largest absolute Gasteiger partial charge is 0.442 e. The maximum Gasteiger partial charge on any atom is 0.429 e. The second-order valence-corrected chi connectivity index (χ2v) is 5.96. The molecule has 2 amide bonds. The minimum Gasteiger partial charge on any atom is -0.442 e. The van der Waals surface area contributed by atoms with Crippen molar-refractivity contribution in [2.75, 3.05) is 6.54 Å². The van der Waals surface area contributed by atoms with E-state index in [4.69, 9.17) is 16.3 Å². The van der Waals surface area contributed by atoms with Crippen molar-refractivity contribution in [3.05, 3.63) is 28.8 Å². The van der Waals surface area contributed by atoms with Gasteiger partial charge in [-0.3, -0.25) is 15.2 Å². The maximum absolute atomic E-state index is 13.7. The van der Waals surface area contributed by atoms with Crippen LogP contribution in [-0.2, 0) is 4.74 Å². The summed E-state index contributed by atoms with van der Waals surface area (Å²) in [5, 5.41) is 0.849. The standard InChI is InChI=1S/C14H19ClFN3O3/c1-5-6-19(13(21)22-14(2,3)4)18-12(20)11-9(15)7-17-8-10(11)16/h7-8H,5-6H2,1-4H3,(H,18,20). The number of amides is 2. The lowest BCUT2D eigenvalue weighted by Crippen LogP contribution is -2.48. The Kier molecular flexibility index (Phi) is 6.11. The number of carbonyl (C=O) groups is 2. The molecule has 0 spiro atoms. The fourth-order valence-corrected chi connectivity index (χ4v) is 1.77. The molecule has 8 heteroatoms. The van der Waals surface area contributed by atoms with Gasteiger partial charge in [0.1, 0.15) is 5.60 Å². The highest BCUT2D eigenvalue weighted by atomic mass is 35.5. The van der Waals surface area contributed by atoms with Crippen LogP contribution in [0.25, 0.3) is 0 Å². The first kappa shape index (κ1) is 18.2. The van der Waals surface area contributed by atoms with Crippen LogP contribution < -0.4 is 5.43 Å². The second kappa shape index (κ2) is 7.40. The van der Waals surface area contributed by atoms with Crippen LogP contribution >= 0.6 is 11.6 Å². The van der Waals surface area contributed by atoms with Crippen LogP contribution in [0.3, 0.4) is 0 Å². The monoisotopic (exact) mass is 331 g/mol. The molecule has 0 aromatic carbocycles. The lowest BCUT2D eigenvalue weighted by Gasteiger charge is -2.27. The van der Waals surface area contributed by atoms with E-state index in [2.05, 4.69) is 10.4 Å². The van der Waals surface area contributed by atoms with Crippen LogP contribution in [0.5, 0.6) is 0 Å². The fraction of sp³-hybridized carbons (Fsp3) is 0.500. The molecule has 122 valence electrons. The van der Waals surface area contributed by atoms with Gasteiger partial charge in [-0.1, -0.05) is 18.5 Å². The summed E-state index contributed by atoms with van der Waals surface area (Å²) in [6.07, 6.45) is 1.87. The van der Waals surface area contributed by atoms with Crippen molar-refractivity contribution in [3.8, 4) is 0 Å². The first-order valence-corrected chi connectivity index (χ1v) is 7.14. The van der Waals surface area contributed by atoms with E-state index >= 15 is 0 Å². The average molecular weight is 332 g/mol. The van der Waals surface area contributed by atoms with Gasteiger partial charge < -0.3 is 4.74 Å². The Labute approximate surface area is 133 Å². The topological polar surface area (TPSA) is 71.5 Å². The zero-order chi connectivity index (χ0) is 16.9. The first-order chi connectivity index (χ1) is 10.2. The van der Waals surface area contributed by atoms with Gasteiger partial charge in [0.05, 0.1) is 16.8 Å². The predicted octanol–water partition coefficient (Wildman–Crippen LogP) is 3.17. The van der Waals surface area contributed by atoms with Gasteiger partial charge >= 0.3 is 6.09 Å². The summed E-state index contributed by atoms with van der Waals surface area (Å²) in [7, 11) is 0. The molecule has 0 radical (unpaired) electrons. The van der Waals surface area contributed by atoms with Gasteiger partial charge in [-0.05, 0) is 27.2 Å². The summed E-state index contributed by atoms with van der Waals surface area (Å²) in [6.45, 7) is 7.15. The number of carbonyl (C=O) groups excluding carboxylic acids is 2. The van der Waals surface area contributed by atoms with E-state index in [1.807, 2.05) is 6.92 Å². The van der Waals surface area contributed by atoms with E-state index in [1.165, 1.54) is 0 Å². The summed E-state index contributed by atoms with van der Waals surface area (Å²) in [5.74, 6) is -1.71. The Bertz CT molecular complexity index is 541. The molecule has 0 aliphatic carbocycles. The number of hydrazine groups is 1. The third kappa shape index (κ3) is 5.14. The number of pyridine rings is 1. The third-order valence-corrected chi connectivity index (χ3v) is 2.66. The Morgan fingerprint density at radius 2 is 2.05 bits per heavy atom. The summed E-state index contributed by atoms with van der Waals surface area (Å²) >= 11 is 5.77. The Morgan fingerprint density at radius 3 is 2.55 bits per heavy atom. The number of nitrogens with zero attached hydrogens (tertiary/aromatic N) is 2. The van der Waals surface area contributed by atoms with Gasteiger partial charge in [-0.2, -0.15) is 0 Å². The molecule has 0 fully saturated rings. The smallest absolute Gasteiger partial charge is 0.429 e. The number of rotatable bonds is 3. The Balaban J connectivity index is 2.91. The molecule has 0 aliphatic heterocycles. The van der Waals surface area contributed by atoms with E-state index in [1.54, 1.807) is 20.8 Å². The van der Waals surface area contributed by atoms with E-state index < -0.39 is 23.4 Å². The second-order valence-electron chi connectivity index (χ2n) is 5.55. The number of nitrogens with one attached hydrogen (secondary N) is 1.